The maximum Gasteiger partial charge on any atom is 0.338 e. The predicted molar refractivity (Wildman–Crippen MR) is 78.8 cm³/mol. The molecule has 124 valence electrons. The van der Waals surface area contributed by atoms with Gasteiger partial charge in [-0.25, -0.2) is 13.2 Å². The molecule has 0 radical (unpaired) electrons. The molecule has 0 unspecified atom stereocenters. The minimum absolute atomic E-state index is 0.119. The van der Waals surface area contributed by atoms with E-state index in [9.17, 15) is 18.0 Å². The maximum absolute atomic E-state index is 12.0. The van der Waals surface area contributed by atoms with Gasteiger partial charge in [0.05, 0.1) is 17.1 Å². The van der Waals surface area contributed by atoms with E-state index in [1.807, 2.05) is 0 Å². The van der Waals surface area contributed by atoms with E-state index in [1.54, 1.807) is 13.0 Å². The van der Waals surface area contributed by atoms with Crippen molar-refractivity contribution in [2.45, 2.75) is 24.8 Å². The van der Waals surface area contributed by atoms with Crippen LogP contribution in [0.1, 0.15) is 24.2 Å². The quantitative estimate of drug-likeness (QED) is 0.721. The Labute approximate surface area is 134 Å². The first kappa shape index (κ1) is 18.6. The number of sulfonamides is 1. The van der Waals surface area contributed by atoms with Crippen molar-refractivity contribution in [3.05, 3.63) is 29.8 Å². The molecule has 0 aliphatic carbocycles. The van der Waals surface area contributed by atoms with Gasteiger partial charge in [-0.1, -0.05) is 0 Å². The van der Waals surface area contributed by atoms with E-state index in [0.29, 0.717) is 0 Å². The van der Waals surface area contributed by atoms with Gasteiger partial charge >= 0.3 is 11.9 Å². The minimum Gasteiger partial charge on any atom is -0.462 e. The van der Waals surface area contributed by atoms with Crippen molar-refractivity contribution in [1.29, 1.82) is 5.26 Å². The van der Waals surface area contributed by atoms with Crippen LogP contribution in [-0.4, -0.2) is 39.6 Å². The molecule has 0 spiro atoms. The normalized spacial score (nSPS) is 12.0. The van der Waals surface area contributed by atoms with Crippen molar-refractivity contribution in [3.8, 4) is 6.07 Å². The molecule has 0 aliphatic rings. The zero-order valence-electron chi connectivity index (χ0n) is 12.6. The molecule has 0 fully saturated rings. The molecular weight excluding hydrogens is 324 g/mol. The summed E-state index contributed by atoms with van der Waals surface area (Å²) in [4.78, 5) is 22.7. The number of hydrogen-bond acceptors (Lipinski definition) is 7. The standard InChI is InChI=1S/C14H16N2O6S/c1-3-21-14(18)11-4-6-12(7-5-11)23(19,20)16-9-13(17)22-10(2)8-15/h4-7,10,16H,3,9H2,1-2H3/t10-/m1/s1. The summed E-state index contributed by atoms with van der Waals surface area (Å²) in [6, 6.07) is 6.74. The number of hydrogen-bond donors (Lipinski definition) is 1. The van der Waals surface area contributed by atoms with Crippen LogP contribution in [-0.2, 0) is 24.3 Å². The van der Waals surface area contributed by atoms with Crippen LogP contribution in [0.2, 0.25) is 0 Å². The van der Waals surface area contributed by atoms with E-state index in [-0.39, 0.29) is 17.1 Å². The summed E-state index contributed by atoms with van der Waals surface area (Å²) in [5, 5.41) is 8.50. The van der Waals surface area contributed by atoms with Crippen molar-refractivity contribution in [2.75, 3.05) is 13.2 Å². The number of benzene rings is 1. The van der Waals surface area contributed by atoms with Gasteiger partial charge < -0.3 is 9.47 Å². The number of nitrogens with one attached hydrogen (secondary N) is 1. The van der Waals surface area contributed by atoms with Gasteiger partial charge in [0.2, 0.25) is 10.0 Å². The fourth-order valence-electron chi connectivity index (χ4n) is 1.49. The molecule has 0 aromatic heterocycles. The molecule has 1 aromatic carbocycles. The highest BCUT2D eigenvalue weighted by Crippen LogP contribution is 2.11. The van der Waals surface area contributed by atoms with Gasteiger partial charge in [0.25, 0.3) is 0 Å². The molecule has 1 N–H and O–H groups in total. The van der Waals surface area contributed by atoms with Gasteiger partial charge in [0, 0.05) is 0 Å². The Bertz CT molecular complexity index is 706. The summed E-state index contributed by atoms with van der Waals surface area (Å²) < 4.78 is 35.5. The van der Waals surface area contributed by atoms with Crippen LogP contribution in [0.3, 0.4) is 0 Å². The van der Waals surface area contributed by atoms with E-state index < -0.39 is 34.6 Å². The van der Waals surface area contributed by atoms with Crippen molar-refractivity contribution >= 4 is 22.0 Å². The molecule has 8 nitrogen and oxygen atoms in total. The molecule has 0 amide bonds. The lowest BCUT2D eigenvalue weighted by atomic mass is 10.2. The molecule has 1 rings (SSSR count). The van der Waals surface area contributed by atoms with Gasteiger partial charge in [-0.15, -0.1) is 0 Å². The monoisotopic (exact) mass is 340 g/mol. The zero-order valence-corrected chi connectivity index (χ0v) is 13.4. The van der Waals surface area contributed by atoms with Crippen LogP contribution in [0.4, 0.5) is 0 Å². The fourth-order valence-corrected chi connectivity index (χ4v) is 2.46. The lowest BCUT2D eigenvalue weighted by Crippen LogP contribution is -2.32. The molecule has 0 heterocycles. The van der Waals surface area contributed by atoms with Gasteiger partial charge in [-0.3, -0.25) is 4.79 Å². The highest BCUT2D eigenvalue weighted by molar-refractivity contribution is 7.89. The van der Waals surface area contributed by atoms with E-state index in [1.165, 1.54) is 31.2 Å². The Morgan fingerprint density at radius 2 is 1.91 bits per heavy atom. The molecule has 1 atom stereocenters. The van der Waals surface area contributed by atoms with E-state index in [4.69, 9.17) is 10.00 Å². The molecule has 0 saturated heterocycles. The topological polar surface area (TPSA) is 123 Å². The lowest BCUT2D eigenvalue weighted by molar-refractivity contribution is -0.144. The number of esters is 2. The van der Waals surface area contributed by atoms with Crippen LogP contribution in [0.25, 0.3) is 0 Å². The Morgan fingerprint density at radius 3 is 2.43 bits per heavy atom. The van der Waals surface area contributed by atoms with Crippen LogP contribution < -0.4 is 4.72 Å². The second-order valence-corrected chi connectivity index (χ2v) is 6.10. The number of carbonyl (C=O) groups is 2. The van der Waals surface area contributed by atoms with Gasteiger partial charge in [-0.05, 0) is 38.1 Å². The number of carbonyl (C=O) groups excluding carboxylic acids is 2. The first-order chi connectivity index (χ1) is 10.8. The maximum atomic E-state index is 12.0. The number of ether oxygens (including phenoxy) is 2. The van der Waals surface area contributed by atoms with Gasteiger partial charge in [0.15, 0.2) is 6.10 Å². The minimum atomic E-state index is -3.94. The highest BCUT2D eigenvalue weighted by atomic mass is 32.2. The predicted octanol–water partition coefficient (Wildman–Crippen LogP) is 0.597. The Morgan fingerprint density at radius 1 is 1.30 bits per heavy atom. The first-order valence-electron chi connectivity index (χ1n) is 6.66. The fraction of sp³-hybridized carbons (Fsp3) is 0.357. The third-order valence-electron chi connectivity index (χ3n) is 2.57. The largest absolute Gasteiger partial charge is 0.462 e. The van der Waals surface area contributed by atoms with Crippen molar-refractivity contribution in [3.63, 3.8) is 0 Å². The Balaban J connectivity index is 2.72. The molecule has 1 aromatic rings. The molecule has 9 heteroatoms. The third-order valence-corrected chi connectivity index (χ3v) is 3.99. The van der Waals surface area contributed by atoms with Crippen LogP contribution in [0.15, 0.2) is 29.2 Å². The molecule has 23 heavy (non-hydrogen) atoms. The first-order valence-corrected chi connectivity index (χ1v) is 8.14. The molecule has 0 saturated carbocycles. The molecular formula is C14H16N2O6S. The van der Waals surface area contributed by atoms with Gasteiger partial charge in [-0.2, -0.15) is 9.98 Å². The Kier molecular flexibility index (Phi) is 6.68. The van der Waals surface area contributed by atoms with E-state index >= 15 is 0 Å². The summed E-state index contributed by atoms with van der Waals surface area (Å²) in [6.07, 6.45) is -0.962. The van der Waals surface area contributed by atoms with Crippen LogP contribution in [0, 0.1) is 11.3 Å². The van der Waals surface area contributed by atoms with Gasteiger partial charge in [0.1, 0.15) is 12.6 Å². The molecule has 0 bridgehead atoms. The zero-order chi connectivity index (χ0) is 17.5. The van der Waals surface area contributed by atoms with Crippen LogP contribution >= 0.6 is 0 Å². The summed E-state index contributed by atoms with van der Waals surface area (Å²) in [7, 11) is -3.94. The summed E-state index contributed by atoms with van der Waals surface area (Å²) in [5.41, 5.74) is 0.216. The third kappa shape index (κ3) is 5.69. The molecule has 0 aliphatic heterocycles. The average molecular weight is 340 g/mol. The summed E-state index contributed by atoms with van der Waals surface area (Å²) in [5.74, 6) is -1.43. The smallest absolute Gasteiger partial charge is 0.338 e. The van der Waals surface area contributed by atoms with Crippen molar-refractivity contribution < 1.29 is 27.5 Å². The number of nitrogens with zero attached hydrogens (tertiary/aromatic N) is 1. The second kappa shape index (κ2) is 8.26. The van der Waals surface area contributed by atoms with Crippen molar-refractivity contribution in [1.82, 2.24) is 4.72 Å². The summed E-state index contributed by atoms with van der Waals surface area (Å²) >= 11 is 0. The van der Waals surface area contributed by atoms with E-state index in [0.717, 1.165) is 0 Å². The number of rotatable bonds is 7. The van der Waals surface area contributed by atoms with Crippen LogP contribution in [0.5, 0.6) is 0 Å². The van der Waals surface area contributed by atoms with Crippen molar-refractivity contribution in [2.24, 2.45) is 0 Å². The SMILES string of the molecule is CCOC(=O)c1ccc(S(=O)(=O)NCC(=O)O[C@H](C)C#N)cc1. The highest BCUT2D eigenvalue weighted by Gasteiger charge is 2.18. The average Bonchev–Trinajstić information content (AvgIpc) is 2.53. The summed E-state index contributed by atoms with van der Waals surface area (Å²) in [6.45, 7) is 2.63. The van der Waals surface area contributed by atoms with E-state index in [2.05, 4.69) is 9.46 Å². The Hall–Kier alpha value is -2.44. The lowest BCUT2D eigenvalue weighted by Gasteiger charge is -2.08. The second-order valence-electron chi connectivity index (χ2n) is 4.33. The number of nitriles is 1.